The second-order valence-electron chi connectivity index (χ2n) is 5.41. The lowest BCUT2D eigenvalue weighted by molar-refractivity contribution is 0.405. The number of anilines is 1. The maximum Gasteiger partial charge on any atom is 0.193 e. The molecule has 7 heteroatoms. The van der Waals surface area contributed by atoms with Gasteiger partial charge in [0.2, 0.25) is 0 Å². The molecule has 0 saturated heterocycles. The van der Waals surface area contributed by atoms with E-state index in [1.807, 2.05) is 30.3 Å². The maximum atomic E-state index is 5.96. The first-order chi connectivity index (χ1) is 12.2. The molecule has 0 aromatic heterocycles. The first kappa shape index (κ1) is 21.9. The molecule has 2 aromatic carbocycles. The molecule has 0 aliphatic heterocycles. The molecule has 2 rings (SSSR count). The largest absolute Gasteiger partial charge is 0.497 e. The summed E-state index contributed by atoms with van der Waals surface area (Å²) in [7, 11) is 4.88. The Kier molecular flexibility index (Phi) is 9.64. The van der Waals surface area contributed by atoms with Crippen LogP contribution in [0.1, 0.15) is 12.0 Å². The molecule has 0 aliphatic carbocycles. The van der Waals surface area contributed by atoms with Gasteiger partial charge in [-0.3, -0.25) is 4.99 Å². The summed E-state index contributed by atoms with van der Waals surface area (Å²) < 4.78 is 15.7. The van der Waals surface area contributed by atoms with E-state index in [1.54, 1.807) is 21.3 Å². The summed E-state index contributed by atoms with van der Waals surface area (Å²) in [6, 6.07) is 13.5. The molecule has 0 spiro atoms. The number of aryl methyl sites for hydroxylation is 1. The highest BCUT2D eigenvalue weighted by atomic mass is 127. The number of hydrogen-bond donors (Lipinski definition) is 2. The van der Waals surface area contributed by atoms with Crippen LogP contribution in [0.4, 0.5) is 5.69 Å². The number of nitrogens with zero attached hydrogens (tertiary/aromatic N) is 1. The van der Waals surface area contributed by atoms with Crippen molar-refractivity contribution in [1.82, 2.24) is 0 Å². The fourth-order valence-electron chi connectivity index (χ4n) is 2.36. The molecule has 0 saturated carbocycles. The van der Waals surface area contributed by atoms with Gasteiger partial charge in [0.05, 0.1) is 27.0 Å². The number of benzene rings is 2. The zero-order valence-corrected chi connectivity index (χ0v) is 17.7. The molecule has 0 heterocycles. The Morgan fingerprint density at radius 3 is 2.23 bits per heavy atom. The number of guanidine groups is 1. The molecule has 3 N–H and O–H groups in total. The van der Waals surface area contributed by atoms with Crippen molar-refractivity contribution in [3.63, 3.8) is 0 Å². The maximum absolute atomic E-state index is 5.96. The second kappa shape index (κ2) is 11.5. The van der Waals surface area contributed by atoms with Crippen molar-refractivity contribution in [1.29, 1.82) is 0 Å². The normalized spacial score (nSPS) is 10.7. The second-order valence-corrected chi connectivity index (χ2v) is 5.41. The van der Waals surface area contributed by atoms with Crippen molar-refractivity contribution >= 4 is 35.6 Å². The quantitative estimate of drug-likeness (QED) is 0.266. The number of methoxy groups -OCH3 is 3. The van der Waals surface area contributed by atoms with Gasteiger partial charge < -0.3 is 25.3 Å². The summed E-state index contributed by atoms with van der Waals surface area (Å²) in [5.74, 6) is 2.61. The number of aliphatic imine (C=N–C) groups is 1. The highest BCUT2D eigenvalue weighted by Gasteiger charge is 2.06. The highest BCUT2D eigenvalue weighted by molar-refractivity contribution is 14.0. The van der Waals surface area contributed by atoms with Gasteiger partial charge in [-0.1, -0.05) is 12.1 Å². The van der Waals surface area contributed by atoms with E-state index >= 15 is 0 Å². The number of nitrogens with two attached hydrogens (primary N) is 1. The third kappa shape index (κ3) is 6.62. The average molecular weight is 471 g/mol. The minimum atomic E-state index is 0. The van der Waals surface area contributed by atoms with Crippen LogP contribution in [-0.4, -0.2) is 33.8 Å². The van der Waals surface area contributed by atoms with E-state index < -0.39 is 0 Å². The van der Waals surface area contributed by atoms with Crippen LogP contribution in [0.5, 0.6) is 17.2 Å². The van der Waals surface area contributed by atoms with E-state index in [9.17, 15) is 0 Å². The molecule has 0 unspecified atom stereocenters. The Morgan fingerprint density at radius 2 is 1.62 bits per heavy atom. The van der Waals surface area contributed by atoms with E-state index in [2.05, 4.69) is 22.4 Å². The van der Waals surface area contributed by atoms with Gasteiger partial charge >= 0.3 is 0 Å². The van der Waals surface area contributed by atoms with Crippen molar-refractivity contribution in [2.24, 2.45) is 10.7 Å². The Labute approximate surface area is 171 Å². The molecule has 6 nitrogen and oxygen atoms in total. The van der Waals surface area contributed by atoms with Crippen LogP contribution in [0.25, 0.3) is 0 Å². The topological polar surface area (TPSA) is 78.1 Å². The van der Waals surface area contributed by atoms with Crippen LogP contribution in [-0.2, 0) is 6.42 Å². The zero-order valence-electron chi connectivity index (χ0n) is 15.3. The third-order valence-electron chi connectivity index (χ3n) is 3.73. The average Bonchev–Trinajstić information content (AvgIpc) is 2.65. The van der Waals surface area contributed by atoms with Crippen LogP contribution in [0, 0.1) is 0 Å². The third-order valence-corrected chi connectivity index (χ3v) is 3.73. The molecule has 0 radical (unpaired) electrons. The van der Waals surface area contributed by atoms with E-state index in [0.29, 0.717) is 18.3 Å². The van der Waals surface area contributed by atoms with E-state index in [4.69, 9.17) is 19.9 Å². The van der Waals surface area contributed by atoms with Gasteiger partial charge in [-0.15, -0.1) is 24.0 Å². The van der Waals surface area contributed by atoms with Gasteiger partial charge in [-0.25, -0.2) is 0 Å². The zero-order chi connectivity index (χ0) is 18.1. The number of rotatable bonds is 8. The van der Waals surface area contributed by atoms with Crippen LogP contribution < -0.4 is 25.3 Å². The SMILES string of the molecule is COc1ccc(CCCN=C(N)Nc2cc(OC)ccc2OC)cc1.I. The van der Waals surface area contributed by atoms with E-state index in [-0.39, 0.29) is 24.0 Å². The highest BCUT2D eigenvalue weighted by Crippen LogP contribution is 2.28. The Morgan fingerprint density at radius 1 is 0.962 bits per heavy atom. The molecule has 0 aliphatic rings. The fourth-order valence-corrected chi connectivity index (χ4v) is 2.36. The van der Waals surface area contributed by atoms with Gasteiger partial charge in [-0.2, -0.15) is 0 Å². The standard InChI is InChI=1S/C19H25N3O3.HI/c1-23-15-8-6-14(7-9-15)5-4-12-21-19(20)22-17-13-16(24-2)10-11-18(17)25-3;/h6-11,13H,4-5,12H2,1-3H3,(H3,20,21,22);1H. The predicted molar refractivity (Wildman–Crippen MR) is 116 cm³/mol. The number of halogens is 1. The predicted octanol–water partition coefficient (Wildman–Crippen LogP) is 3.69. The molecule has 0 fully saturated rings. The number of nitrogens with one attached hydrogen (secondary N) is 1. The molecular weight excluding hydrogens is 445 g/mol. The van der Waals surface area contributed by atoms with Crippen molar-refractivity contribution in [3.8, 4) is 17.2 Å². The molecule has 0 bridgehead atoms. The van der Waals surface area contributed by atoms with E-state index in [1.165, 1.54) is 5.56 Å². The summed E-state index contributed by atoms with van der Waals surface area (Å²) in [5.41, 5.74) is 7.93. The van der Waals surface area contributed by atoms with Gasteiger partial charge in [0, 0.05) is 12.6 Å². The van der Waals surface area contributed by atoms with Gasteiger partial charge in [0.25, 0.3) is 0 Å². The molecule has 26 heavy (non-hydrogen) atoms. The summed E-state index contributed by atoms with van der Waals surface area (Å²) >= 11 is 0. The smallest absolute Gasteiger partial charge is 0.193 e. The Bertz CT molecular complexity index is 706. The lowest BCUT2D eigenvalue weighted by Gasteiger charge is -2.12. The molecule has 0 amide bonds. The number of ether oxygens (including phenoxy) is 3. The van der Waals surface area contributed by atoms with Crippen molar-refractivity contribution in [2.45, 2.75) is 12.8 Å². The summed E-state index contributed by atoms with van der Waals surface area (Å²) in [6.45, 7) is 0.636. The van der Waals surface area contributed by atoms with Gasteiger partial charge in [-0.05, 0) is 42.7 Å². The van der Waals surface area contributed by atoms with Gasteiger partial charge in [0.15, 0.2) is 5.96 Å². The van der Waals surface area contributed by atoms with E-state index in [0.717, 1.165) is 30.0 Å². The molecule has 2 aromatic rings. The number of hydrogen-bond acceptors (Lipinski definition) is 4. The molecule has 0 atom stereocenters. The van der Waals surface area contributed by atoms with Crippen molar-refractivity contribution < 1.29 is 14.2 Å². The van der Waals surface area contributed by atoms with Crippen LogP contribution in [0.15, 0.2) is 47.5 Å². The Balaban J connectivity index is 0.00000338. The summed E-state index contributed by atoms with van der Waals surface area (Å²) in [4.78, 5) is 4.36. The first-order valence-electron chi connectivity index (χ1n) is 8.08. The first-order valence-corrected chi connectivity index (χ1v) is 8.08. The minimum Gasteiger partial charge on any atom is -0.497 e. The van der Waals surface area contributed by atoms with Gasteiger partial charge in [0.1, 0.15) is 17.2 Å². The minimum absolute atomic E-state index is 0. The van der Waals surface area contributed by atoms with Crippen LogP contribution in [0.3, 0.4) is 0 Å². The fraction of sp³-hybridized carbons (Fsp3) is 0.316. The summed E-state index contributed by atoms with van der Waals surface area (Å²) in [5, 5.41) is 3.06. The summed E-state index contributed by atoms with van der Waals surface area (Å²) in [6.07, 6.45) is 1.84. The molecular formula is C19H26IN3O3. The van der Waals surface area contributed by atoms with Crippen molar-refractivity contribution in [3.05, 3.63) is 48.0 Å². The lowest BCUT2D eigenvalue weighted by atomic mass is 10.1. The Hall–Kier alpha value is -2.16. The van der Waals surface area contributed by atoms with Crippen LogP contribution >= 0.6 is 24.0 Å². The molecule has 142 valence electrons. The lowest BCUT2D eigenvalue weighted by Crippen LogP contribution is -2.23. The van der Waals surface area contributed by atoms with Crippen LogP contribution in [0.2, 0.25) is 0 Å². The van der Waals surface area contributed by atoms with Crippen molar-refractivity contribution in [2.75, 3.05) is 33.2 Å². The monoisotopic (exact) mass is 471 g/mol.